The highest BCUT2D eigenvalue weighted by molar-refractivity contribution is 7.26. The van der Waals surface area contributed by atoms with Crippen LogP contribution in [0.1, 0.15) is 0 Å². The number of hydrogen-bond acceptors (Lipinski definition) is 5. The molecule has 4 heterocycles. The summed E-state index contributed by atoms with van der Waals surface area (Å²) in [6.45, 7) is 0. The van der Waals surface area contributed by atoms with Crippen LogP contribution in [0.4, 0.5) is 0 Å². The van der Waals surface area contributed by atoms with E-state index in [1.807, 2.05) is 30.3 Å². The Morgan fingerprint density at radius 2 is 0.966 bits per heavy atom. The minimum absolute atomic E-state index is 0.626. The molecule has 0 aliphatic heterocycles. The topological polar surface area (TPSA) is 61.4 Å². The number of benzene rings is 8. The number of aromatic nitrogens is 6. The maximum atomic E-state index is 5.31. The number of hydrogen-bond donors (Lipinski definition) is 0. The fourth-order valence-corrected chi connectivity index (χ4v) is 9.63. The van der Waals surface area contributed by atoms with E-state index in [0.717, 1.165) is 77.7 Å². The Hall–Kier alpha value is -7.74. The molecule has 0 amide bonds. The zero-order valence-electron chi connectivity index (χ0n) is 31.6. The van der Waals surface area contributed by atoms with Crippen LogP contribution < -0.4 is 0 Å². The van der Waals surface area contributed by atoms with Crippen LogP contribution in [0, 0.1) is 0 Å². The normalized spacial score (nSPS) is 11.7. The first kappa shape index (κ1) is 33.4. The van der Waals surface area contributed by atoms with E-state index < -0.39 is 0 Å². The van der Waals surface area contributed by atoms with Gasteiger partial charge in [0.25, 0.3) is 0 Å². The lowest BCUT2D eigenvalue weighted by Crippen LogP contribution is -2.00. The number of rotatable bonds is 6. The van der Waals surface area contributed by atoms with Crippen LogP contribution in [-0.4, -0.2) is 29.1 Å². The van der Waals surface area contributed by atoms with E-state index in [0.29, 0.717) is 17.5 Å². The van der Waals surface area contributed by atoms with Crippen LogP contribution in [0.5, 0.6) is 0 Å². The summed E-state index contributed by atoms with van der Waals surface area (Å²) in [5.41, 5.74) is 10.4. The molecule has 0 spiro atoms. The number of imidazole rings is 1. The van der Waals surface area contributed by atoms with Gasteiger partial charge >= 0.3 is 0 Å². The number of fused-ring (bicyclic) bond motifs is 7. The van der Waals surface area contributed by atoms with Crippen molar-refractivity contribution in [3.05, 3.63) is 194 Å². The first-order valence-corrected chi connectivity index (χ1v) is 20.5. The van der Waals surface area contributed by atoms with E-state index in [9.17, 15) is 0 Å². The van der Waals surface area contributed by atoms with Gasteiger partial charge in [-0.3, -0.25) is 4.57 Å². The quantitative estimate of drug-likeness (QED) is 0.169. The van der Waals surface area contributed by atoms with Crippen molar-refractivity contribution in [3.8, 4) is 56.9 Å². The lowest BCUT2D eigenvalue weighted by atomic mass is 10.0. The van der Waals surface area contributed by atoms with Crippen molar-refractivity contribution >= 4 is 64.3 Å². The van der Waals surface area contributed by atoms with Crippen molar-refractivity contribution in [3.63, 3.8) is 0 Å². The van der Waals surface area contributed by atoms with Gasteiger partial charge in [0.15, 0.2) is 17.5 Å². The molecule has 0 bridgehead atoms. The standard InChI is InChI=1S/C52H32N6S/c1-4-15-33(16-5-1)49-54-50(34-27-29-44-40(31-34)38-21-10-12-24-43(38)57(44)36-17-6-2-7-18-36)56-51(55-49)39-22-14-26-47-48(39)41-32-35(28-30-46(41)59-47)52-53-42-23-11-13-25-45(42)58(52)37-19-8-3-9-20-37/h1-32H. The Bertz CT molecular complexity index is 3550. The Kier molecular flexibility index (Phi) is 7.61. The highest BCUT2D eigenvalue weighted by Crippen LogP contribution is 2.42. The summed E-state index contributed by atoms with van der Waals surface area (Å²) in [5, 5.41) is 4.58. The first-order chi connectivity index (χ1) is 29.2. The molecule has 8 aromatic carbocycles. The maximum absolute atomic E-state index is 5.31. The lowest BCUT2D eigenvalue weighted by molar-refractivity contribution is 1.08. The van der Waals surface area contributed by atoms with Crippen LogP contribution in [0.15, 0.2) is 194 Å². The summed E-state index contributed by atoms with van der Waals surface area (Å²) >= 11 is 1.78. The molecule has 0 aliphatic carbocycles. The first-order valence-electron chi connectivity index (χ1n) is 19.6. The fraction of sp³-hybridized carbons (Fsp3) is 0. The second-order valence-corrected chi connectivity index (χ2v) is 15.8. The summed E-state index contributed by atoms with van der Waals surface area (Å²) in [5.74, 6) is 2.79. The molecule has 0 atom stereocenters. The SMILES string of the molecule is c1ccc(-c2nc(-c3ccc4c(c3)c3ccccc3n4-c3ccccc3)nc(-c3cccc4sc5ccc(-c6nc7ccccc7n6-c6ccccc6)cc5c34)n2)cc1. The van der Waals surface area contributed by atoms with Gasteiger partial charge in [-0.05, 0) is 84.9 Å². The molecule has 6 nitrogen and oxygen atoms in total. The largest absolute Gasteiger partial charge is 0.309 e. The molecule has 0 radical (unpaired) electrons. The molecule has 7 heteroatoms. The van der Waals surface area contributed by atoms with E-state index >= 15 is 0 Å². The molecule has 0 aliphatic rings. The monoisotopic (exact) mass is 772 g/mol. The van der Waals surface area contributed by atoms with E-state index in [-0.39, 0.29) is 0 Å². The van der Waals surface area contributed by atoms with Gasteiger partial charge in [0.1, 0.15) is 5.82 Å². The minimum Gasteiger partial charge on any atom is -0.309 e. The summed E-state index contributed by atoms with van der Waals surface area (Å²) in [6, 6.07) is 67.8. The van der Waals surface area contributed by atoms with Crippen LogP contribution in [0.2, 0.25) is 0 Å². The Morgan fingerprint density at radius 1 is 0.356 bits per heavy atom. The van der Waals surface area contributed by atoms with E-state index in [1.165, 1.54) is 14.8 Å². The maximum Gasteiger partial charge on any atom is 0.164 e. The van der Waals surface area contributed by atoms with Gasteiger partial charge in [-0.1, -0.05) is 109 Å². The fourth-order valence-electron chi connectivity index (χ4n) is 8.52. The highest BCUT2D eigenvalue weighted by atomic mass is 32.1. The molecule has 4 aromatic heterocycles. The van der Waals surface area contributed by atoms with Crippen molar-refractivity contribution in [2.24, 2.45) is 0 Å². The smallest absolute Gasteiger partial charge is 0.164 e. The van der Waals surface area contributed by atoms with Crippen LogP contribution in [0.3, 0.4) is 0 Å². The number of para-hydroxylation sites is 5. The summed E-state index contributed by atoms with van der Waals surface area (Å²) in [6.07, 6.45) is 0. The summed E-state index contributed by atoms with van der Waals surface area (Å²) in [4.78, 5) is 20.9. The van der Waals surface area contributed by atoms with Crippen molar-refractivity contribution < 1.29 is 0 Å². The van der Waals surface area contributed by atoms with E-state index in [2.05, 4.69) is 173 Å². The third-order valence-corrected chi connectivity index (χ3v) is 12.3. The molecule has 0 unspecified atom stereocenters. The molecule has 0 saturated carbocycles. The Balaban J connectivity index is 1.07. The molecular formula is C52H32N6S. The molecular weight excluding hydrogens is 741 g/mol. The summed E-state index contributed by atoms with van der Waals surface area (Å²) in [7, 11) is 0. The van der Waals surface area contributed by atoms with Crippen LogP contribution in [0.25, 0.3) is 110 Å². The van der Waals surface area contributed by atoms with E-state index in [1.54, 1.807) is 11.3 Å². The Morgan fingerprint density at radius 3 is 1.76 bits per heavy atom. The van der Waals surface area contributed by atoms with E-state index in [4.69, 9.17) is 19.9 Å². The molecule has 0 N–H and O–H groups in total. The number of nitrogens with zero attached hydrogens (tertiary/aromatic N) is 6. The predicted octanol–water partition coefficient (Wildman–Crippen LogP) is 13.3. The zero-order valence-corrected chi connectivity index (χ0v) is 32.4. The average molecular weight is 773 g/mol. The van der Waals surface area contributed by atoms with Gasteiger partial charge in [0.2, 0.25) is 0 Å². The van der Waals surface area contributed by atoms with Gasteiger partial charge in [-0.15, -0.1) is 11.3 Å². The third kappa shape index (κ3) is 5.47. The molecule has 12 rings (SSSR count). The zero-order chi connectivity index (χ0) is 38.9. The third-order valence-electron chi connectivity index (χ3n) is 11.2. The summed E-state index contributed by atoms with van der Waals surface area (Å²) < 4.78 is 6.94. The molecule has 0 fully saturated rings. The highest BCUT2D eigenvalue weighted by Gasteiger charge is 2.21. The van der Waals surface area contributed by atoms with Gasteiger partial charge < -0.3 is 4.57 Å². The molecule has 276 valence electrons. The van der Waals surface area contributed by atoms with Gasteiger partial charge in [-0.2, -0.15) is 0 Å². The average Bonchev–Trinajstić information content (AvgIpc) is 3.99. The predicted molar refractivity (Wildman–Crippen MR) is 243 cm³/mol. The van der Waals surface area contributed by atoms with Gasteiger partial charge in [-0.25, -0.2) is 19.9 Å². The van der Waals surface area contributed by atoms with Crippen molar-refractivity contribution in [1.82, 2.24) is 29.1 Å². The van der Waals surface area contributed by atoms with Crippen molar-refractivity contribution in [1.29, 1.82) is 0 Å². The van der Waals surface area contributed by atoms with Crippen molar-refractivity contribution in [2.75, 3.05) is 0 Å². The molecule has 59 heavy (non-hydrogen) atoms. The van der Waals surface area contributed by atoms with Crippen molar-refractivity contribution in [2.45, 2.75) is 0 Å². The molecule has 0 saturated heterocycles. The second-order valence-electron chi connectivity index (χ2n) is 14.7. The minimum atomic E-state index is 0.626. The second kappa shape index (κ2) is 13.4. The lowest BCUT2D eigenvalue weighted by Gasteiger charge is -2.11. The van der Waals surface area contributed by atoms with Crippen LogP contribution in [-0.2, 0) is 0 Å². The molecule has 12 aromatic rings. The van der Waals surface area contributed by atoms with Crippen LogP contribution >= 0.6 is 11.3 Å². The van der Waals surface area contributed by atoms with Gasteiger partial charge in [0.05, 0.1) is 22.1 Å². The number of thiophene rings is 1. The Labute approximate surface area is 343 Å². The van der Waals surface area contributed by atoms with Gasteiger partial charge in [0, 0.05) is 64.6 Å².